The Hall–Kier alpha value is -1.36. The van der Waals surface area contributed by atoms with Crippen molar-refractivity contribution in [3.05, 3.63) is 11.4 Å². The van der Waals surface area contributed by atoms with E-state index in [1.165, 1.54) is 0 Å². The molecular weight excluding hydrogens is 252 g/mol. The zero-order valence-corrected chi connectivity index (χ0v) is 13.0. The normalized spacial score (nSPS) is 22.4. The van der Waals surface area contributed by atoms with Gasteiger partial charge < -0.3 is 15.3 Å². The highest BCUT2D eigenvalue weighted by Crippen LogP contribution is 2.32. The summed E-state index contributed by atoms with van der Waals surface area (Å²) in [7, 11) is 0. The van der Waals surface area contributed by atoms with Crippen LogP contribution in [0.3, 0.4) is 0 Å². The number of nitrogens with zero attached hydrogens (tertiary/aromatic N) is 3. The molecule has 1 saturated heterocycles. The molecule has 2 N–H and O–H groups in total. The van der Waals surface area contributed by atoms with Crippen LogP contribution in [-0.2, 0) is 6.42 Å². The molecule has 1 aromatic heterocycles. The molecule has 5 nitrogen and oxygen atoms in total. The number of aliphatic hydroxyl groups excluding tert-OH is 1. The minimum absolute atomic E-state index is 0.169. The molecule has 0 radical (unpaired) electrons. The number of nitrogens with one attached hydrogen (secondary N) is 1. The quantitative estimate of drug-likeness (QED) is 0.862. The van der Waals surface area contributed by atoms with Crippen molar-refractivity contribution in [2.75, 3.05) is 29.9 Å². The molecule has 1 aliphatic rings. The van der Waals surface area contributed by atoms with E-state index in [-0.39, 0.29) is 12.6 Å². The summed E-state index contributed by atoms with van der Waals surface area (Å²) < 4.78 is 0. The van der Waals surface area contributed by atoms with Gasteiger partial charge in [0.25, 0.3) is 0 Å². The molecule has 0 bridgehead atoms. The molecule has 0 aliphatic carbocycles. The first-order valence-corrected chi connectivity index (χ1v) is 7.61. The molecular formula is C15H26N4O. The Morgan fingerprint density at radius 3 is 2.70 bits per heavy atom. The lowest BCUT2D eigenvalue weighted by molar-refractivity contribution is 0.244. The third-order valence-corrected chi connectivity index (χ3v) is 4.17. The van der Waals surface area contributed by atoms with Crippen molar-refractivity contribution in [3.8, 4) is 0 Å². The first-order valence-electron chi connectivity index (χ1n) is 7.61. The molecule has 20 heavy (non-hydrogen) atoms. The topological polar surface area (TPSA) is 61.3 Å². The van der Waals surface area contributed by atoms with Gasteiger partial charge in [-0.15, -0.1) is 0 Å². The standard InChI is InChI=1S/C15H26N4O/c1-5-13-17-14(16-6-2)11(4)15(18-13)19-8-7-10(3)12(19)9-20/h10,12,20H,5-9H2,1-4H3,(H,16,17,18). The molecule has 1 aromatic rings. The van der Waals surface area contributed by atoms with Gasteiger partial charge in [-0.25, -0.2) is 9.97 Å². The van der Waals surface area contributed by atoms with Crippen molar-refractivity contribution < 1.29 is 5.11 Å². The highest BCUT2D eigenvalue weighted by molar-refractivity contribution is 5.59. The number of aliphatic hydroxyl groups is 1. The first kappa shape index (κ1) is 15.0. The second-order valence-corrected chi connectivity index (χ2v) is 5.53. The Labute approximate surface area is 121 Å². The molecule has 2 atom stereocenters. The van der Waals surface area contributed by atoms with Crippen molar-refractivity contribution in [1.29, 1.82) is 0 Å². The Balaban J connectivity index is 2.42. The predicted molar refractivity (Wildman–Crippen MR) is 82.3 cm³/mol. The maximum Gasteiger partial charge on any atom is 0.137 e. The number of anilines is 2. The third-order valence-electron chi connectivity index (χ3n) is 4.17. The highest BCUT2D eigenvalue weighted by atomic mass is 16.3. The minimum atomic E-state index is 0.169. The Morgan fingerprint density at radius 2 is 2.10 bits per heavy atom. The van der Waals surface area contributed by atoms with Gasteiger partial charge in [-0.2, -0.15) is 0 Å². The van der Waals surface area contributed by atoms with Crippen molar-refractivity contribution in [1.82, 2.24) is 9.97 Å². The highest BCUT2D eigenvalue weighted by Gasteiger charge is 2.33. The van der Waals surface area contributed by atoms with E-state index in [4.69, 9.17) is 4.98 Å². The maximum absolute atomic E-state index is 9.66. The van der Waals surface area contributed by atoms with Gasteiger partial charge in [0, 0.05) is 25.1 Å². The van der Waals surface area contributed by atoms with Crippen LogP contribution in [0.4, 0.5) is 11.6 Å². The van der Waals surface area contributed by atoms with Crippen LogP contribution in [0.1, 0.15) is 38.6 Å². The van der Waals surface area contributed by atoms with Crippen LogP contribution in [0.5, 0.6) is 0 Å². The van der Waals surface area contributed by atoms with E-state index in [2.05, 4.69) is 42.9 Å². The largest absolute Gasteiger partial charge is 0.394 e. The molecule has 1 fully saturated rings. The molecule has 0 saturated carbocycles. The summed E-state index contributed by atoms with van der Waals surface area (Å²) in [6.45, 7) is 10.4. The van der Waals surface area contributed by atoms with Crippen LogP contribution >= 0.6 is 0 Å². The minimum Gasteiger partial charge on any atom is -0.394 e. The predicted octanol–water partition coefficient (Wildman–Crippen LogP) is 1.99. The molecule has 2 rings (SSSR count). The molecule has 0 aromatic carbocycles. The number of hydrogen-bond acceptors (Lipinski definition) is 5. The smallest absolute Gasteiger partial charge is 0.137 e. The summed E-state index contributed by atoms with van der Waals surface area (Å²) >= 11 is 0. The fourth-order valence-corrected chi connectivity index (χ4v) is 2.88. The zero-order chi connectivity index (χ0) is 14.7. The molecule has 1 aliphatic heterocycles. The molecule has 112 valence electrons. The fraction of sp³-hybridized carbons (Fsp3) is 0.733. The Kier molecular flexibility index (Phi) is 4.81. The van der Waals surface area contributed by atoms with E-state index < -0.39 is 0 Å². The SMILES string of the molecule is CCNc1nc(CC)nc(N2CCC(C)C2CO)c1C. The summed E-state index contributed by atoms with van der Waals surface area (Å²) in [4.78, 5) is 11.5. The van der Waals surface area contributed by atoms with Gasteiger partial charge in [0.2, 0.25) is 0 Å². The van der Waals surface area contributed by atoms with Gasteiger partial charge in [0.1, 0.15) is 17.5 Å². The summed E-state index contributed by atoms with van der Waals surface area (Å²) in [6.07, 6.45) is 1.92. The van der Waals surface area contributed by atoms with Gasteiger partial charge in [0.15, 0.2) is 0 Å². The van der Waals surface area contributed by atoms with Gasteiger partial charge in [-0.1, -0.05) is 13.8 Å². The van der Waals surface area contributed by atoms with Crippen LogP contribution in [0.25, 0.3) is 0 Å². The molecule has 0 spiro atoms. The average molecular weight is 278 g/mol. The number of hydrogen-bond donors (Lipinski definition) is 2. The lowest BCUT2D eigenvalue weighted by Crippen LogP contribution is -2.36. The fourth-order valence-electron chi connectivity index (χ4n) is 2.88. The van der Waals surface area contributed by atoms with Crippen LogP contribution < -0.4 is 10.2 Å². The van der Waals surface area contributed by atoms with Crippen molar-refractivity contribution >= 4 is 11.6 Å². The number of aryl methyl sites for hydroxylation is 1. The van der Waals surface area contributed by atoms with Crippen LogP contribution in [0, 0.1) is 12.8 Å². The summed E-state index contributed by atoms with van der Waals surface area (Å²) in [6, 6.07) is 0.169. The van der Waals surface area contributed by atoms with E-state index in [0.29, 0.717) is 5.92 Å². The summed E-state index contributed by atoms with van der Waals surface area (Å²) in [5, 5.41) is 13.0. The van der Waals surface area contributed by atoms with E-state index >= 15 is 0 Å². The van der Waals surface area contributed by atoms with Crippen LogP contribution in [0.15, 0.2) is 0 Å². The molecule has 5 heteroatoms. The second-order valence-electron chi connectivity index (χ2n) is 5.53. The van der Waals surface area contributed by atoms with E-state index in [9.17, 15) is 5.11 Å². The van der Waals surface area contributed by atoms with Gasteiger partial charge in [0.05, 0.1) is 12.6 Å². The van der Waals surface area contributed by atoms with Crippen LogP contribution in [-0.4, -0.2) is 40.8 Å². The summed E-state index contributed by atoms with van der Waals surface area (Å²) in [5.74, 6) is 3.27. The van der Waals surface area contributed by atoms with Crippen molar-refractivity contribution in [2.45, 2.75) is 46.6 Å². The molecule has 0 amide bonds. The Morgan fingerprint density at radius 1 is 1.35 bits per heavy atom. The van der Waals surface area contributed by atoms with E-state index in [1.807, 2.05) is 0 Å². The number of rotatable bonds is 5. The lowest BCUT2D eigenvalue weighted by atomic mass is 10.0. The lowest BCUT2D eigenvalue weighted by Gasteiger charge is -2.28. The average Bonchev–Trinajstić information content (AvgIpc) is 2.82. The molecule has 2 heterocycles. The second kappa shape index (κ2) is 6.39. The number of aromatic nitrogens is 2. The molecule has 2 unspecified atom stereocenters. The van der Waals surface area contributed by atoms with Gasteiger partial charge in [-0.05, 0) is 26.2 Å². The maximum atomic E-state index is 9.66. The summed E-state index contributed by atoms with van der Waals surface area (Å²) in [5.41, 5.74) is 1.08. The third kappa shape index (κ3) is 2.73. The van der Waals surface area contributed by atoms with Crippen LogP contribution in [0.2, 0.25) is 0 Å². The monoisotopic (exact) mass is 278 g/mol. The first-order chi connectivity index (χ1) is 9.62. The van der Waals surface area contributed by atoms with Crippen molar-refractivity contribution in [2.24, 2.45) is 5.92 Å². The Bertz CT molecular complexity index is 463. The van der Waals surface area contributed by atoms with Gasteiger partial charge in [-0.3, -0.25) is 0 Å². The van der Waals surface area contributed by atoms with Crippen molar-refractivity contribution in [3.63, 3.8) is 0 Å². The van der Waals surface area contributed by atoms with E-state index in [1.54, 1.807) is 0 Å². The zero-order valence-electron chi connectivity index (χ0n) is 13.0. The van der Waals surface area contributed by atoms with Gasteiger partial charge >= 0.3 is 0 Å². The van der Waals surface area contributed by atoms with E-state index in [0.717, 1.165) is 49.0 Å².